The molecule has 0 N–H and O–H groups in total. The number of piperazine rings is 1. The maximum atomic E-state index is 12.7. The number of nitrogens with zero attached hydrogens (tertiary/aromatic N) is 8. The number of thiophene rings is 1. The first-order valence-corrected chi connectivity index (χ1v) is 11.7. The van der Waals surface area contributed by atoms with Crippen molar-refractivity contribution >= 4 is 28.3 Å². The molecule has 4 aromatic heterocycles. The quantitative estimate of drug-likeness (QED) is 0.395. The van der Waals surface area contributed by atoms with E-state index >= 15 is 0 Å². The Morgan fingerprint density at radius 3 is 2.88 bits per heavy atom. The van der Waals surface area contributed by atoms with Crippen LogP contribution in [0.25, 0.3) is 21.7 Å². The van der Waals surface area contributed by atoms with E-state index in [9.17, 15) is 9.59 Å². The molecule has 5 heterocycles. The number of hydrogen-bond donors (Lipinski definition) is 0. The minimum absolute atomic E-state index is 0.0135. The Balaban J connectivity index is 1.08. The van der Waals surface area contributed by atoms with Gasteiger partial charge in [0.2, 0.25) is 17.6 Å². The highest BCUT2D eigenvalue weighted by atomic mass is 32.1. The van der Waals surface area contributed by atoms with Gasteiger partial charge in [0.15, 0.2) is 5.65 Å². The molecule has 1 aliphatic rings. The van der Waals surface area contributed by atoms with Crippen molar-refractivity contribution in [3.8, 4) is 10.7 Å². The molecular formula is C21H24N8O3S. The summed E-state index contributed by atoms with van der Waals surface area (Å²) < 4.78 is 8.26. The van der Waals surface area contributed by atoms with Gasteiger partial charge in [-0.2, -0.15) is 10.1 Å². The fourth-order valence-electron chi connectivity index (χ4n) is 3.96. The second-order valence-electron chi connectivity index (χ2n) is 8.00. The first kappa shape index (κ1) is 21.5. The van der Waals surface area contributed by atoms with Gasteiger partial charge in [-0.1, -0.05) is 11.2 Å². The van der Waals surface area contributed by atoms with Crippen LogP contribution in [0.2, 0.25) is 0 Å². The van der Waals surface area contributed by atoms with Gasteiger partial charge in [0.1, 0.15) is 18.3 Å². The van der Waals surface area contributed by atoms with E-state index in [2.05, 4.69) is 25.1 Å². The van der Waals surface area contributed by atoms with Gasteiger partial charge >= 0.3 is 0 Å². The molecule has 0 spiro atoms. The third-order valence-electron chi connectivity index (χ3n) is 5.82. The molecule has 11 nitrogen and oxygen atoms in total. The summed E-state index contributed by atoms with van der Waals surface area (Å²) in [5.74, 6) is 1.22. The predicted molar refractivity (Wildman–Crippen MR) is 122 cm³/mol. The number of amides is 1. The Hall–Kier alpha value is -3.38. The third-order valence-corrected chi connectivity index (χ3v) is 6.69. The molecule has 1 saturated heterocycles. The molecule has 0 radical (unpaired) electrons. The largest absolute Gasteiger partial charge is 0.339 e. The first-order valence-electron chi connectivity index (χ1n) is 10.8. The van der Waals surface area contributed by atoms with Crippen LogP contribution in [-0.2, 0) is 24.8 Å². The van der Waals surface area contributed by atoms with Gasteiger partial charge in [-0.15, -0.1) is 11.3 Å². The van der Waals surface area contributed by atoms with Crippen molar-refractivity contribution in [3.63, 3.8) is 0 Å². The fourth-order valence-corrected chi connectivity index (χ4v) is 4.61. The number of fused-ring (bicyclic) bond motifs is 1. The number of carbonyl (C=O) groups excluding carboxylic acids is 1. The van der Waals surface area contributed by atoms with Gasteiger partial charge in [0.25, 0.3) is 5.56 Å². The summed E-state index contributed by atoms with van der Waals surface area (Å²) in [6, 6.07) is 3.94. The van der Waals surface area contributed by atoms with Crippen molar-refractivity contribution in [2.75, 3.05) is 32.7 Å². The van der Waals surface area contributed by atoms with Crippen molar-refractivity contribution in [2.24, 2.45) is 7.05 Å². The standard InChI is InChI=1S/C21H24N8O3S/c1-26-20-15(12-23-26)21(31)29(14-22-20)13-18(30)28-9-7-27(8-10-28)6-2-5-17-24-19(25-32-17)16-4-3-11-33-16/h3-4,11-12,14H,2,5-10,13H2,1H3. The predicted octanol–water partition coefficient (Wildman–Crippen LogP) is 1.02. The minimum atomic E-state index is -0.247. The average molecular weight is 469 g/mol. The molecule has 0 aliphatic carbocycles. The monoisotopic (exact) mass is 468 g/mol. The molecule has 1 amide bonds. The van der Waals surface area contributed by atoms with Gasteiger partial charge < -0.3 is 9.42 Å². The molecule has 1 aliphatic heterocycles. The molecule has 1 fully saturated rings. The van der Waals surface area contributed by atoms with Crippen molar-refractivity contribution in [3.05, 3.63) is 46.3 Å². The first-order chi connectivity index (χ1) is 16.1. The topological polar surface area (TPSA) is 115 Å². The molecule has 0 aromatic carbocycles. The zero-order chi connectivity index (χ0) is 22.8. The Morgan fingerprint density at radius 2 is 2.09 bits per heavy atom. The summed E-state index contributed by atoms with van der Waals surface area (Å²) in [6.07, 6.45) is 4.54. The van der Waals surface area contributed by atoms with E-state index in [1.54, 1.807) is 23.1 Å². The van der Waals surface area contributed by atoms with E-state index in [-0.39, 0.29) is 18.0 Å². The van der Waals surface area contributed by atoms with Crippen LogP contribution in [0, 0.1) is 0 Å². The van der Waals surface area contributed by atoms with E-state index in [0.29, 0.717) is 35.8 Å². The lowest BCUT2D eigenvalue weighted by atomic mass is 10.2. The van der Waals surface area contributed by atoms with Crippen LogP contribution in [0.5, 0.6) is 0 Å². The lowest BCUT2D eigenvalue weighted by Crippen LogP contribution is -2.50. The van der Waals surface area contributed by atoms with E-state index in [1.807, 2.05) is 22.4 Å². The summed E-state index contributed by atoms with van der Waals surface area (Å²) in [4.78, 5) is 39.2. The Bertz CT molecular complexity index is 1300. The summed E-state index contributed by atoms with van der Waals surface area (Å²) in [5.41, 5.74) is 0.268. The molecule has 0 atom stereocenters. The van der Waals surface area contributed by atoms with Gasteiger partial charge in [0.05, 0.1) is 11.1 Å². The number of hydrogen-bond acceptors (Lipinski definition) is 9. The Labute approximate surface area is 193 Å². The SMILES string of the molecule is Cn1ncc2c(=O)n(CC(=O)N3CCN(CCCc4nc(-c5cccs5)no4)CC3)cnc21. The van der Waals surface area contributed by atoms with Crippen molar-refractivity contribution in [2.45, 2.75) is 19.4 Å². The molecule has 0 unspecified atom stereocenters. The van der Waals surface area contributed by atoms with Crippen molar-refractivity contribution in [1.82, 2.24) is 39.3 Å². The van der Waals surface area contributed by atoms with Crippen LogP contribution in [0.4, 0.5) is 0 Å². The van der Waals surface area contributed by atoms with Gasteiger partial charge in [0, 0.05) is 39.6 Å². The summed E-state index contributed by atoms with van der Waals surface area (Å²) in [5, 5.41) is 10.5. The lowest BCUT2D eigenvalue weighted by Gasteiger charge is -2.34. The molecule has 172 valence electrons. The molecule has 12 heteroatoms. The summed E-state index contributed by atoms with van der Waals surface area (Å²) in [6.45, 7) is 3.76. The third kappa shape index (κ3) is 4.57. The highest BCUT2D eigenvalue weighted by molar-refractivity contribution is 7.13. The normalized spacial score (nSPS) is 14.9. The Kier molecular flexibility index (Phi) is 6.01. The van der Waals surface area contributed by atoms with Crippen LogP contribution in [0.1, 0.15) is 12.3 Å². The van der Waals surface area contributed by atoms with E-state index in [4.69, 9.17) is 4.52 Å². The summed E-state index contributed by atoms with van der Waals surface area (Å²) >= 11 is 1.59. The van der Waals surface area contributed by atoms with Gasteiger partial charge in [-0.25, -0.2) is 4.98 Å². The van der Waals surface area contributed by atoms with Gasteiger partial charge in [-0.3, -0.25) is 23.7 Å². The van der Waals surface area contributed by atoms with E-state index in [1.165, 1.54) is 17.1 Å². The molecule has 5 rings (SSSR count). The summed E-state index contributed by atoms with van der Waals surface area (Å²) in [7, 11) is 1.73. The zero-order valence-corrected chi connectivity index (χ0v) is 19.1. The number of rotatable bonds is 7. The van der Waals surface area contributed by atoms with E-state index < -0.39 is 0 Å². The second-order valence-corrected chi connectivity index (χ2v) is 8.95. The maximum Gasteiger partial charge on any atom is 0.264 e. The fraction of sp³-hybridized carbons (Fsp3) is 0.429. The Morgan fingerprint density at radius 1 is 1.24 bits per heavy atom. The zero-order valence-electron chi connectivity index (χ0n) is 18.3. The van der Waals surface area contributed by atoms with Crippen LogP contribution >= 0.6 is 11.3 Å². The molecule has 33 heavy (non-hydrogen) atoms. The van der Waals surface area contributed by atoms with Gasteiger partial charge in [-0.05, 0) is 24.4 Å². The van der Waals surface area contributed by atoms with Crippen LogP contribution in [-0.4, -0.2) is 77.9 Å². The minimum Gasteiger partial charge on any atom is -0.339 e. The number of carbonyl (C=O) groups is 1. The molecular weight excluding hydrogens is 444 g/mol. The van der Waals surface area contributed by atoms with Crippen LogP contribution < -0.4 is 5.56 Å². The second kappa shape index (κ2) is 9.24. The molecule has 4 aromatic rings. The van der Waals surface area contributed by atoms with Crippen molar-refractivity contribution in [1.29, 1.82) is 0 Å². The average Bonchev–Trinajstić information content (AvgIpc) is 3.58. The maximum absolute atomic E-state index is 12.7. The number of aryl methyl sites for hydroxylation is 2. The highest BCUT2D eigenvalue weighted by Gasteiger charge is 2.22. The van der Waals surface area contributed by atoms with Crippen LogP contribution in [0.15, 0.2) is 39.4 Å². The lowest BCUT2D eigenvalue weighted by molar-refractivity contribution is -0.133. The van der Waals surface area contributed by atoms with Crippen molar-refractivity contribution < 1.29 is 9.32 Å². The highest BCUT2D eigenvalue weighted by Crippen LogP contribution is 2.21. The smallest absolute Gasteiger partial charge is 0.264 e. The van der Waals surface area contributed by atoms with Crippen LogP contribution in [0.3, 0.4) is 0 Å². The van der Waals surface area contributed by atoms with E-state index in [0.717, 1.165) is 37.4 Å². The molecule has 0 bridgehead atoms. The molecule has 0 saturated carbocycles. The number of aromatic nitrogens is 6.